The molecular weight excluding hydrogens is 376 g/mol. The number of hydrogen-bond acceptors (Lipinski definition) is 6. The monoisotopic (exact) mass is 398 g/mol. The average Bonchev–Trinajstić information content (AvgIpc) is 3.14. The minimum absolute atomic E-state index is 0.0538. The van der Waals surface area contributed by atoms with Gasteiger partial charge in [-0.25, -0.2) is 9.97 Å². The van der Waals surface area contributed by atoms with Crippen LogP contribution in [-0.4, -0.2) is 59.0 Å². The van der Waals surface area contributed by atoms with Crippen LogP contribution in [-0.2, 0) is 9.59 Å². The Labute approximate surface area is 167 Å². The summed E-state index contributed by atoms with van der Waals surface area (Å²) in [6, 6.07) is 12.2. The smallest absolute Gasteiger partial charge is 0.305 e. The van der Waals surface area contributed by atoms with E-state index in [4.69, 9.17) is 5.11 Å². The molecule has 1 N–H and O–H groups in total. The van der Waals surface area contributed by atoms with Gasteiger partial charge in [0.05, 0.1) is 11.8 Å². The number of carboxylic acid groups (broad SMARTS) is 1. The van der Waals surface area contributed by atoms with E-state index in [0.29, 0.717) is 6.54 Å². The summed E-state index contributed by atoms with van der Waals surface area (Å²) in [7, 11) is 3.52. The minimum Gasteiger partial charge on any atom is -0.481 e. The molecule has 28 heavy (non-hydrogen) atoms. The van der Waals surface area contributed by atoms with E-state index in [1.54, 1.807) is 24.7 Å². The number of amides is 1. The second-order valence-corrected chi connectivity index (χ2v) is 7.55. The third kappa shape index (κ3) is 4.64. The van der Waals surface area contributed by atoms with Crippen molar-refractivity contribution in [1.29, 1.82) is 0 Å². The summed E-state index contributed by atoms with van der Waals surface area (Å²) in [5.74, 6) is -0.218. The second-order valence-electron chi connectivity index (χ2n) is 6.52. The summed E-state index contributed by atoms with van der Waals surface area (Å²) in [5, 5.41) is 9.70. The van der Waals surface area contributed by atoms with E-state index in [0.717, 1.165) is 26.5 Å². The molecule has 0 spiro atoms. The van der Waals surface area contributed by atoms with Crippen LogP contribution in [0.3, 0.4) is 0 Å². The van der Waals surface area contributed by atoms with Crippen molar-refractivity contribution >= 4 is 39.2 Å². The normalized spacial score (nSPS) is 10.8. The summed E-state index contributed by atoms with van der Waals surface area (Å²) in [6.45, 7) is 0.694. The number of hydrogen-bond donors (Lipinski definition) is 1. The lowest BCUT2D eigenvalue weighted by Crippen LogP contribution is -2.32. The average molecular weight is 398 g/mol. The Kier molecular flexibility index (Phi) is 6.20. The zero-order valence-corrected chi connectivity index (χ0v) is 16.6. The maximum atomic E-state index is 12.2. The largest absolute Gasteiger partial charge is 0.481 e. The molecule has 1 amide bonds. The minimum atomic E-state index is -0.910. The van der Waals surface area contributed by atoms with Crippen molar-refractivity contribution in [1.82, 2.24) is 14.9 Å². The molecule has 1 aromatic carbocycles. The highest BCUT2D eigenvalue weighted by Gasteiger charge is 2.15. The predicted octanol–water partition coefficient (Wildman–Crippen LogP) is 3.12. The van der Waals surface area contributed by atoms with Crippen LogP contribution < -0.4 is 4.90 Å². The Balaban J connectivity index is 1.71. The molecule has 3 aromatic rings. The molecule has 0 saturated heterocycles. The lowest BCUT2D eigenvalue weighted by molar-refractivity contribution is -0.138. The first-order valence-corrected chi connectivity index (χ1v) is 9.74. The molecule has 0 aliphatic rings. The van der Waals surface area contributed by atoms with Gasteiger partial charge in [-0.05, 0) is 11.6 Å². The van der Waals surface area contributed by atoms with Crippen LogP contribution in [0.15, 0.2) is 42.7 Å². The first kappa shape index (κ1) is 19.8. The Morgan fingerprint density at radius 1 is 1.07 bits per heavy atom. The fourth-order valence-electron chi connectivity index (χ4n) is 2.84. The summed E-state index contributed by atoms with van der Waals surface area (Å²) in [5.41, 5.74) is 1.13. The number of carbonyl (C=O) groups excluding carboxylic acids is 1. The maximum absolute atomic E-state index is 12.2. The van der Waals surface area contributed by atoms with Gasteiger partial charge in [0, 0.05) is 38.5 Å². The van der Waals surface area contributed by atoms with Gasteiger partial charge in [-0.3, -0.25) is 9.59 Å². The van der Waals surface area contributed by atoms with Gasteiger partial charge in [-0.15, -0.1) is 11.3 Å². The van der Waals surface area contributed by atoms with Crippen molar-refractivity contribution in [2.75, 3.05) is 32.1 Å². The van der Waals surface area contributed by atoms with Crippen molar-refractivity contribution in [3.05, 3.63) is 42.7 Å². The lowest BCUT2D eigenvalue weighted by Gasteiger charge is -2.21. The Bertz CT molecular complexity index is 974. The molecular formula is C20H22N4O3S. The number of aromatic nitrogens is 2. The SMILES string of the molecule is CN(CCC(=O)O)C(=O)CCN(C)c1ncnc2sc(-c3ccccc3)cc12. The van der Waals surface area contributed by atoms with Crippen LogP contribution in [0.25, 0.3) is 20.7 Å². The van der Waals surface area contributed by atoms with Crippen LogP contribution in [0.1, 0.15) is 12.8 Å². The fourth-order valence-corrected chi connectivity index (χ4v) is 3.84. The molecule has 2 heterocycles. The molecule has 0 bridgehead atoms. The first-order chi connectivity index (χ1) is 13.5. The molecule has 8 heteroatoms. The van der Waals surface area contributed by atoms with Gasteiger partial charge in [-0.1, -0.05) is 30.3 Å². The van der Waals surface area contributed by atoms with Gasteiger partial charge in [-0.2, -0.15) is 0 Å². The van der Waals surface area contributed by atoms with E-state index in [1.807, 2.05) is 30.1 Å². The number of benzene rings is 1. The number of rotatable bonds is 8. The van der Waals surface area contributed by atoms with Crippen LogP contribution in [0.4, 0.5) is 5.82 Å². The van der Waals surface area contributed by atoms with Gasteiger partial charge >= 0.3 is 5.97 Å². The van der Waals surface area contributed by atoms with E-state index in [2.05, 4.69) is 28.2 Å². The molecule has 0 unspecified atom stereocenters. The lowest BCUT2D eigenvalue weighted by atomic mass is 10.2. The van der Waals surface area contributed by atoms with Crippen molar-refractivity contribution in [2.24, 2.45) is 0 Å². The van der Waals surface area contributed by atoms with E-state index in [9.17, 15) is 9.59 Å². The number of anilines is 1. The van der Waals surface area contributed by atoms with Crippen LogP contribution >= 0.6 is 11.3 Å². The zero-order chi connectivity index (χ0) is 20.1. The van der Waals surface area contributed by atoms with Gasteiger partial charge < -0.3 is 14.9 Å². The highest BCUT2D eigenvalue weighted by atomic mass is 32.1. The number of thiophene rings is 1. The van der Waals surface area contributed by atoms with E-state index in [-0.39, 0.29) is 25.3 Å². The first-order valence-electron chi connectivity index (χ1n) is 8.92. The summed E-state index contributed by atoms with van der Waals surface area (Å²) in [4.78, 5) is 37.1. The van der Waals surface area contributed by atoms with Crippen LogP contribution in [0.2, 0.25) is 0 Å². The van der Waals surface area contributed by atoms with Crippen molar-refractivity contribution in [2.45, 2.75) is 12.8 Å². The molecule has 0 radical (unpaired) electrons. The molecule has 0 atom stereocenters. The van der Waals surface area contributed by atoms with E-state index < -0.39 is 5.97 Å². The van der Waals surface area contributed by atoms with Crippen molar-refractivity contribution in [3.8, 4) is 10.4 Å². The van der Waals surface area contributed by atoms with Gasteiger partial charge in [0.1, 0.15) is 17.0 Å². The van der Waals surface area contributed by atoms with Gasteiger partial charge in [0.25, 0.3) is 0 Å². The zero-order valence-electron chi connectivity index (χ0n) is 15.8. The summed E-state index contributed by atoms with van der Waals surface area (Å²) < 4.78 is 0. The Hall–Kier alpha value is -3.00. The second kappa shape index (κ2) is 8.79. The third-order valence-electron chi connectivity index (χ3n) is 4.48. The topological polar surface area (TPSA) is 86.6 Å². The number of carbonyl (C=O) groups is 2. The summed E-state index contributed by atoms with van der Waals surface area (Å²) >= 11 is 1.61. The number of nitrogens with zero attached hydrogens (tertiary/aromatic N) is 4. The molecule has 0 aliphatic carbocycles. The maximum Gasteiger partial charge on any atom is 0.305 e. The van der Waals surface area contributed by atoms with Gasteiger partial charge in [0.2, 0.25) is 5.91 Å². The summed E-state index contributed by atoms with van der Waals surface area (Å²) in [6.07, 6.45) is 1.77. The Morgan fingerprint density at radius 3 is 2.54 bits per heavy atom. The van der Waals surface area contributed by atoms with Crippen LogP contribution in [0.5, 0.6) is 0 Å². The van der Waals surface area contributed by atoms with E-state index >= 15 is 0 Å². The predicted molar refractivity (Wildman–Crippen MR) is 111 cm³/mol. The van der Waals surface area contributed by atoms with Gasteiger partial charge in [0.15, 0.2) is 0 Å². The standard InChI is InChI=1S/C20H22N4O3S/c1-23(11-9-18(26)27)17(25)8-10-24(2)19-15-12-16(14-6-4-3-5-7-14)28-20(15)22-13-21-19/h3-7,12-13H,8-11H2,1-2H3,(H,26,27). The molecule has 146 valence electrons. The van der Waals surface area contributed by atoms with Crippen LogP contribution in [0, 0.1) is 0 Å². The molecule has 3 rings (SSSR count). The number of fused-ring (bicyclic) bond motifs is 1. The number of aliphatic carboxylic acids is 1. The molecule has 2 aromatic heterocycles. The highest BCUT2D eigenvalue weighted by Crippen LogP contribution is 2.35. The van der Waals surface area contributed by atoms with Crippen molar-refractivity contribution < 1.29 is 14.7 Å². The Morgan fingerprint density at radius 2 is 1.82 bits per heavy atom. The molecule has 7 nitrogen and oxygen atoms in total. The van der Waals surface area contributed by atoms with E-state index in [1.165, 1.54) is 4.90 Å². The number of carboxylic acids is 1. The molecule has 0 aliphatic heterocycles. The van der Waals surface area contributed by atoms with Crippen molar-refractivity contribution in [3.63, 3.8) is 0 Å². The fraction of sp³-hybridized carbons (Fsp3) is 0.300. The highest BCUT2D eigenvalue weighted by molar-refractivity contribution is 7.21. The quantitative estimate of drug-likeness (QED) is 0.627. The molecule has 0 fully saturated rings. The third-order valence-corrected chi connectivity index (χ3v) is 5.57. The molecule has 0 saturated carbocycles.